The number of hydrogen-bond donors (Lipinski definition) is 1. The van der Waals surface area contributed by atoms with Crippen molar-refractivity contribution in [1.82, 2.24) is 19.8 Å². The highest BCUT2D eigenvalue weighted by molar-refractivity contribution is 7.97. The molecule has 0 aliphatic carbocycles. The zero-order valence-corrected chi connectivity index (χ0v) is 18.5. The normalized spacial score (nSPS) is 14.8. The Bertz CT molecular complexity index is 994. The Morgan fingerprint density at radius 3 is 2.57 bits per heavy atom. The van der Waals surface area contributed by atoms with Crippen molar-refractivity contribution in [3.8, 4) is 0 Å². The van der Waals surface area contributed by atoms with Gasteiger partial charge in [0.2, 0.25) is 5.91 Å². The van der Waals surface area contributed by atoms with Crippen molar-refractivity contribution in [3.05, 3.63) is 65.5 Å². The van der Waals surface area contributed by atoms with Crippen LogP contribution in [0.1, 0.15) is 36.2 Å². The molecule has 1 N–H and O–H groups in total. The number of carbonyl (C=O) groups excluding carboxylic acids is 1. The molecule has 1 amide bonds. The third-order valence-electron chi connectivity index (χ3n) is 5.75. The van der Waals surface area contributed by atoms with E-state index in [2.05, 4.69) is 40.7 Å². The Balaban J connectivity index is 1.42. The summed E-state index contributed by atoms with van der Waals surface area (Å²) in [6.07, 6.45) is 5.98. The van der Waals surface area contributed by atoms with Gasteiger partial charge in [0, 0.05) is 13.1 Å². The lowest BCUT2D eigenvalue weighted by Crippen LogP contribution is -2.31. The fraction of sp³-hybridized carbons (Fsp3) is 0.417. The standard InChI is InChI=1S/C24H30N4OS/c1-30-18-23-26-21-11-5-6-12-22(21)28(23)17-24(29)25-15-19-9-3-4-10-20(19)16-27-13-7-2-8-14-27/h3-6,9-12H,2,7-8,13-18H2,1H3,(H,25,29). The summed E-state index contributed by atoms with van der Waals surface area (Å²) in [6, 6.07) is 16.5. The van der Waals surface area contributed by atoms with E-state index in [1.54, 1.807) is 11.8 Å². The summed E-state index contributed by atoms with van der Waals surface area (Å²) < 4.78 is 2.04. The van der Waals surface area contributed by atoms with Crippen molar-refractivity contribution in [1.29, 1.82) is 0 Å². The molecule has 4 rings (SSSR count). The predicted octanol–water partition coefficient (Wildman–Crippen LogP) is 4.20. The molecule has 1 aliphatic rings. The second-order valence-electron chi connectivity index (χ2n) is 7.92. The van der Waals surface area contributed by atoms with Gasteiger partial charge in [-0.15, -0.1) is 0 Å². The maximum Gasteiger partial charge on any atom is 0.240 e. The van der Waals surface area contributed by atoms with Gasteiger partial charge in [-0.3, -0.25) is 9.69 Å². The molecule has 0 spiro atoms. The van der Waals surface area contributed by atoms with Crippen LogP contribution in [0.3, 0.4) is 0 Å². The maximum absolute atomic E-state index is 12.8. The summed E-state index contributed by atoms with van der Waals surface area (Å²) in [4.78, 5) is 20.0. The van der Waals surface area contributed by atoms with E-state index >= 15 is 0 Å². The zero-order valence-electron chi connectivity index (χ0n) is 17.6. The van der Waals surface area contributed by atoms with E-state index in [1.165, 1.54) is 43.5 Å². The van der Waals surface area contributed by atoms with E-state index < -0.39 is 0 Å². The van der Waals surface area contributed by atoms with Crippen molar-refractivity contribution in [3.63, 3.8) is 0 Å². The van der Waals surface area contributed by atoms with Crippen molar-refractivity contribution in [2.75, 3.05) is 19.3 Å². The quantitative estimate of drug-likeness (QED) is 0.591. The smallest absolute Gasteiger partial charge is 0.240 e. The lowest BCUT2D eigenvalue weighted by molar-refractivity contribution is -0.121. The SMILES string of the molecule is CSCc1nc2ccccc2n1CC(=O)NCc1ccccc1CN1CCCCC1. The van der Waals surface area contributed by atoms with Gasteiger partial charge >= 0.3 is 0 Å². The number of likely N-dealkylation sites (tertiary alicyclic amines) is 1. The van der Waals surface area contributed by atoms with Crippen LogP contribution in [0.5, 0.6) is 0 Å². The molecule has 2 aromatic carbocycles. The van der Waals surface area contributed by atoms with Gasteiger partial charge in [-0.05, 0) is 55.4 Å². The third kappa shape index (κ3) is 5.05. The molecule has 0 saturated carbocycles. The minimum Gasteiger partial charge on any atom is -0.350 e. The van der Waals surface area contributed by atoms with Crippen LogP contribution in [0.2, 0.25) is 0 Å². The van der Waals surface area contributed by atoms with Crippen LogP contribution in [0, 0.1) is 0 Å². The van der Waals surface area contributed by atoms with Gasteiger partial charge in [0.05, 0.1) is 16.8 Å². The first-order valence-electron chi connectivity index (χ1n) is 10.7. The number of fused-ring (bicyclic) bond motifs is 1. The summed E-state index contributed by atoms with van der Waals surface area (Å²) in [5.74, 6) is 1.76. The Morgan fingerprint density at radius 2 is 1.77 bits per heavy atom. The van der Waals surface area contributed by atoms with Gasteiger partial charge < -0.3 is 9.88 Å². The van der Waals surface area contributed by atoms with Crippen molar-refractivity contribution < 1.29 is 4.79 Å². The predicted molar refractivity (Wildman–Crippen MR) is 124 cm³/mol. The van der Waals surface area contributed by atoms with Gasteiger partial charge in [-0.25, -0.2) is 4.98 Å². The van der Waals surface area contributed by atoms with E-state index in [4.69, 9.17) is 4.98 Å². The Hall–Kier alpha value is -2.31. The van der Waals surface area contributed by atoms with Crippen LogP contribution < -0.4 is 5.32 Å². The van der Waals surface area contributed by atoms with Crippen molar-refractivity contribution >= 4 is 28.7 Å². The summed E-state index contributed by atoms with van der Waals surface area (Å²) in [6.45, 7) is 4.17. The van der Waals surface area contributed by atoms with Crippen LogP contribution in [0.15, 0.2) is 48.5 Å². The highest BCUT2D eigenvalue weighted by Gasteiger charge is 2.15. The second kappa shape index (κ2) is 10.1. The van der Waals surface area contributed by atoms with Crippen LogP contribution in [-0.4, -0.2) is 39.7 Å². The highest BCUT2D eigenvalue weighted by atomic mass is 32.2. The second-order valence-corrected chi connectivity index (χ2v) is 8.78. The summed E-state index contributed by atoms with van der Waals surface area (Å²) in [5, 5.41) is 3.14. The van der Waals surface area contributed by atoms with Crippen molar-refractivity contribution in [2.24, 2.45) is 0 Å². The topological polar surface area (TPSA) is 50.2 Å². The fourth-order valence-electron chi connectivity index (χ4n) is 4.18. The minimum absolute atomic E-state index is 0.0216. The summed E-state index contributed by atoms with van der Waals surface area (Å²) in [7, 11) is 0. The molecule has 2 heterocycles. The van der Waals surface area contributed by atoms with E-state index in [-0.39, 0.29) is 5.91 Å². The molecule has 3 aromatic rings. The molecule has 1 aromatic heterocycles. The lowest BCUT2D eigenvalue weighted by atomic mass is 10.0. The molecule has 1 fully saturated rings. The number of nitrogens with zero attached hydrogens (tertiary/aromatic N) is 3. The van der Waals surface area contributed by atoms with E-state index in [1.807, 2.05) is 28.8 Å². The Labute approximate surface area is 182 Å². The fourth-order valence-corrected chi connectivity index (χ4v) is 4.66. The molecule has 1 saturated heterocycles. The lowest BCUT2D eigenvalue weighted by Gasteiger charge is -2.27. The molecule has 0 atom stereocenters. The van der Waals surface area contributed by atoms with Gasteiger partial charge in [0.1, 0.15) is 12.4 Å². The average molecular weight is 423 g/mol. The van der Waals surface area contributed by atoms with Gasteiger partial charge in [0.25, 0.3) is 0 Å². The largest absolute Gasteiger partial charge is 0.350 e. The van der Waals surface area contributed by atoms with E-state index in [9.17, 15) is 4.79 Å². The molecule has 30 heavy (non-hydrogen) atoms. The number of nitrogens with one attached hydrogen (secondary N) is 1. The molecular formula is C24H30N4OS. The Morgan fingerprint density at radius 1 is 1.03 bits per heavy atom. The van der Waals surface area contributed by atoms with Crippen LogP contribution in [-0.2, 0) is 30.2 Å². The number of benzene rings is 2. The molecule has 0 radical (unpaired) electrons. The number of imidazole rings is 1. The number of hydrogen-bond acceptors (Lipinski definition) is 4. The molecule has 0 unspecified atom stereocenters. The maximum atomic E-state index is 12.8. The number of thioether (sulfide) groups is 1. The minimum atomic E-state index is 0.0216. The summed E-state index contributed by atoms with van der Waals surface area (Å²) in [5.41, 5.74) is 4.48. The molecular weight excluding hydrogens is 392 g/mol. The summed E-state index contributed by atoms with van der Waals surface area (Å²) >= 11 is 1.72. The van der Waals surface area contributed by atoms with E-state index in [0.29, 0.717) is 13.1 Å². The first-order valence-corrected chi connectivity index (χ1v) is 12.1. The molecule has 1 aliphatic heterocycles. The zero-order chi connectivity index (χ0) is 20.8. The van der Waals surface area contributed by atoms with Crippen molar-refractivity contribution in [2.45, 2.75) is 44.6 Å². The number of amides is 1. The van der Waals surface area contributed by atoms with Crippen LogP contribution in [0.25, 0.3) is 11.0 Å². The monoisotopic (exact) mass is 422 g/mol. The van der Waals surface area contributed by atoms with Crippen LogP contribution in [0.4, 0.5) is 0 Å². The number of rotatable bonds is 8. The highest BCUT2D eigenvalue weighted by Crippen LogP contribution is 2.19. The van der Waals surface area contributed by atoms with Gasteiger partial charge in [-0.2, -0.15) is 11.8 Å². The van der Waals surface area contributed by atoms with Gasteiger partial charge in [0.15, 0.2) is 0 Å². The van der Waals surface area contributed by atoms with Crippen LogP contribution >= 0.6 is 11.8 Å². The number of carbonyl (C=O) groups is 1. The number of piperidine rings is 1. The number of aromatic nitrogens is 2. The molecule has 0 bridgehead atoms. The molecule has 6 heteroatoms. The first-order chi connectivity index (χ1) is 14.7. The molecule has 158 valence electrons. The average Bonchev–Trinajstić information content (AvgIpc) is 3.11. The molecule has 5 nitrogen and oxygen atoms in total. The number of para-hydroxylation sites is 2. The Kier molecular flexibility index (Phi) is 7.07. The first kappa shape index (κ1) is 20.9. The third-order valence-corrected chi connectivity index (χ3v) is 6.29. The van der Waals surface area contributed by atoms with E-state index in [0.717, 1.165) is 29.2 Å². The van der Waals surface area contributed by atoms with Gasteiger partial charge in [-0.1, -0.05) is 42.8 Å².